The smallest absolute Gasteiger partial charge is 0.240 e. The van der Waals surface area contributed by atoms with E-state index in [1.807, 2.05) is 0 Å². The molecule has 0 bridgehead atoms. The van der Waals surface area contributed by atoms with E-state index in [1.54, 1.807) is 0 Å². The van der Waals surface area contributed by atoms with Gasteiger partial charge in [0.05, 0.1) is 6.20 Å². The highest BCUT2D eigenvalue weighted by Gasteiger charge is 2.27. The average molecular weight is 317 g/mol. The summed E-state index contributed by atoms with van der Waals surface area (Å²) in [5.74, 6) is 0. The van der Waals surface area contributed by atoms with Gasteiger partial charge in [0.25, 0.3) is 5.65 Å². The fraction of sp³-hybridized carbons (Fsp3) is 0.0500. The third-order valence-corrected chi connectivity index (χ3v) is 6.58. The Hall–Kier alpha value is -2.44. The van der Waals surface area contributed by atoms with Crippen molar-refractivity contribution in [3.63, 3.8) is 0 Å². The highest BCUT2D eigenvalue weighted by Crippen LogP contribution is 2.32. The van der Waals surface area contributed by atoms with E-state index in [-0.39, 0.29) is 0 Å². The van der Waals surface area contributed by atoms with E-state index in [0.29, 0.717) is 0 Å². The van der Waals surface area contributed by atoms with Gasteiger partial charge < -0.3 is 0 Å². The fourth-order valence-electron chi connectivity index (χ4n) is 2.98. The first-order valence-electron chi connectivity index (χ1n) is 7.74. The number of fused-ring (bicyclic) bond motifs is 1. The Bertz CT molecular complexity index is 890. The van der Waals surface area contributed by atoms with Crippen LogP contribution in [0, 0.1) is 6.92 Å². The topological polar surface area (TPSA) is 19.9 Å². The van der Waals surface area contributed by atoms with Crippen molar-refractivity contribution in [3.05, 3.63) is 90.8 Å². The maximum atomic E-state index is 3.53. The van der Waals surface area contributed by atoms with Crippen LogP contribution in [-0.2, 0) is 0 Å². The predicted molar refractivity (Wildman–Crippen MR) is 97.4 cm³/mol. The first-order chi connectivity index (χ1) is 11.3. The molecule has 0 saturated carbocycles. The molecule has 2 aromatic carbocycles. The van der Waals surface area contributed by atoms with Crippen molar-refractivity contribution in [2.24, 2.45) is 0 Å². The molecule has 2 aromatic heterocycles. The molecule has 3 heteroatoms. The minimum Gasteiger partial charge on any atom is -0.240 e. The van der Waals surface area contributed by atoms with E-state index < -0.39 is 7.92 Å². The van der Waals surface area contributed by atoms with Gasteiger partial charge in [-0.2, -0.15) is 4.40 Å². The quantitative estimate of drug-likeness (QED) is 0.443. The van der Waals surface area contributed by atoms with Gasteiger partial charge in [-0.3, -0.25) is 0 Å². The molecular formula is C20H18N2P+. The second-order valence-electron chi connectivity index (χ2n) is 5.54. The lowest BCUT2D eigenvalue weighted by Gasteiger charge is -2.16. The first kappa shape index (κ1) is 14.2. The standard InChI is InChI=1S/C20H17N2P/c1-16-20(22-15-9-8-14-19(22)21-16)23(17-10-4-2-5-11-17)18-12-6-3-7-13-18/h2-15H,1H3/p+1. The SMILES string of the molecule is Cc1[nH]c2cccc[n+]2c1P(c1ccccc1)c1ccccc1. The zero-order valence-electron chi connectivity index (χ0n) is 13.0. The molecule has 2 heterocycles. The highest BCUT2D eigenvalue weighted by molar-refractivity contribution is 7.79. The van der Waals surface area contributed by atoms with Gasteiger partial charge in [0.2, 0.25) is 0 Å². The molecule has 0 aliphatic heterocycles. The minimum absolute atomic E-state index is 0.598. The van der Waals surface area contributed by atoms with Crippen LogP contribution in [0.5, 0.6) is 0 Å². The third-order valence-electron chi connectivity index (χ3n) is 3.98. The molecule has 0 fully saturated rings. The van der Waals surface area contributed by atoms with Gasteiger partial charge >= 0.3 is 0 Å². The van der Waals surface area contributed by atoms with Crippen molar-refractivity contribution in [2.75, 3.05) is 0 Å². The van der Waals surface area contributed by atoms with E-state index >= 15 is 0 Å². The Kier molecular flexibility index (Phi) is 3.69. The number of aryl methyl sites for hydroxylation is 1. The van der Waals surface area contributed by atoms with Crippen molar-refractivity contribution < 1.29 is 4.40 Å². The van der Waals surface area contributed by atoms with Crippen LogP contribution in [0.2, 0.25) is 0 Å². The lowest BCUT2D eigenvalue weighted by Crippen LogP contribution is -2.40. The summed E-state index contributed by atoms with van der Waals surface area (Å²) in [6, 6.07) is 27.9. The normalized spacial score (nSPS) is 11.2. The molecule has 4 aromatic rings. The lowest BCUT2D eigenvalue weighted by atomic mass is 10.4. The summed E-state index contributed by atoms with van der Waals surface area (Å²) >= 11 is 0. The van der Waals surface area contributed by atoms with E-state index in [0.717, 1.165) is 5.65 Å². The van der Waals surface area contributed by atoms with E-state index in [9.17, 15) is 0 Å². The molecule has 1 N–H and O–H groups in total. The maximum absolute atomic E-state index is 3.53. The van der Waals surface area contributed by atoms with Crippen LogP contribution in [0.25, 0.3) is 5.65 Å². The zero-order valence-corrected chi connectivity index (χ0v) is 13.9. The molecular weight excluding hydrogens is 299 g/mol. The first-order valence-corrected chi connectivity index (χ1v) is 9.08. The number of hydrogen-bond donors (Lipinski definition) is 1. The Labute approximate surface area is 137 Å². The van der Waals surface area contributed by atoms with Crippen molar-refractivity contribution in [1.29, 1.82) is 0 Å². The number of aromatic amines is 1. The molecule has 0 aliphatic rings. The molecule has 112 valence electrons. The molecule has 0 saturated heterocycles. The predicted octanol–water partition coefficient (Wildman–Crippen LogP) is 2.82. The number of benzene rings is 2. The van der Waals surface area contributed by atoms with Crippen LogP contribution in [0.3, 0.4) is 0 Å². The Balaban J connectivity index is 2.00. The third kappa shape index (κ3) is 2.56. The summed E-state index contributed by atoms with van der Waals surface area (Å²) in [6.45, 7) is 2.17. The number of hydrogen-bond acceptors (Lipinski definition) is 0. The van der Waals surface area contributed by atoms with Crippen molar-refractivity contribution in [1.82, 2.24) is 4.98 Å². The van der Waals surface area contributed by atoms with Gasteiger partial charge in [0, 0.05) is 20.9 Å². The van der Waals surface area contributed by atoms with E-state index in [1.165, 1.54) is 21.7 Å². The van der Waals surface area contributed by atoms with Gasteiger partial charge in [-0.15, -0.1) is 0 Å². The number of imidazole rings is 1. The van der Waals surface area contributed by atoms with Gasteiger partial charge in [-0.25, -0.2) is 4.98 Å². The van der Waals surface area contributed by atoms with Crippen LogP contribution in [0.4, 0.5) is 0 Å². The molecule has 0 aliphatic carbocycles. The van der Waals surface area contributed by atoms with Crippen molar-refractivity contribution >= 4 is 29.6 Å². The number of pyridine rings is 1. The summed E-state index contributed by atoms with van der Waals surface area (Å²) in [6.07, 6.45) is 2.15. The van der Waals surface area contributed by atoms with Gasteiger partial charge in [-0.05, 0) is 16.7 Å². The summed E-state index contributed by atoms with van der Waals surface area (Å²) in [7, 11) is -0.598. The highest BCUT2D eigenvalue weighted by atomic mass is 31.1. The number of H-pyrrole nitrogens is 1. The van der Waals surface area contributed by atoms with E-state index in [4.69, 9.17) is 0 Å². The molecule has 0 spiro atoms. The number of rotatable bonds is 3. The maximum Gasteiger partial charge on any atom is 0.284 e. The summed E-state index contributed by atoms with van der Waals surface area (Å²) in [5.41, 5.74) is 3.72. The van der Waals surface area contributed by atoms with Gasteiger partial charge in [-0.1, -0.05) is 66.7 Å². The van der Waals surface area contributed by atoms with Crippen molar-refractivity contribution in [2.45, 2.75) is 6.92 Å². The van der Waals surface area contributed by atoms with Crippen LogP contribution >= 0.6 is 7.92 Å². The molecule has 4 rings (SSSR count). The number of aromatic nitrogens is 2. The molecule has 0 unspecified atom stereocenters. The minimum atomic E-state index is -0.598. The lowest BCUT2D eigenvalue weighted by molar-refractivity contribution is -0.489. The van der Waals surface area contributed by atoms with Crippen LogP contribution in [-0.4, -0.2) is 4.98 Å². The second-order valence-corrected chi connectivity index (χ2v) is 7.66. The number of nitrogens with zero attached hydrogens (tertiary/aromatic N) is 1. The second kappa shape index (κ2) is 5.98. The summed E-state index contributed by atoms with van der Waals surface area (Å²) in [4.78, 5) is 3.53. The van der Waals surface area contributed by atoms with Gasteiger partial charge in [0.15, 0.2) is 5.44 Å². The molecule has 0 amide bonds. The fourth-order valence-corrected chi connectivity index (χ4v) is 5.49. The zero-order chi connectivity index (χ0) is 15.6. The number of nitrogens with one attached hydrogen (secondary N) is 1. The average Bonchev–Trinajstić information content (AvgIpc) is 2.94. The molecule has 0 radical (unpaired) electrons. The van der Waals surface area contributed by atoms with Gasteiger partial charge in [0.1, 0.15) is 5.69 Å². The molecule has 2 nitrogen and oxygen atoms in total. The Morgan fingerprint density at radius 3 is 1.91 bits per heavy atom. The molecule has 0 atom stereocenters. The van der Waals surface area contributed by atoms with Crippen molar-refractivity contribution in [3.8, 4) is 0 Å². The largest absolute Gasteiger partial charge is 0.284 e. The van der Waals surface area contributed by atoms with Crippen LogP contribution < -0.4 is 20.4 Å². The van der Waals surface area contributed by atoms with Crippen LogP contribution in [0.1, 0.15) is 5.69 Å². The van der Waals surface area contributed by atoms with E-state index in [2.05, 4.69) is 101 Å². The summed E-state index contributed by atoms with van der Waals surface area (Å²) < 4.78 is 2.29. The Morgan fingerprint density at radius 2 is 1.30 bits per heavy atom. The summed E-state index contributed by atoms with van der Waals surface area (Å²) in [5, 5.41) is 2.74. The Morgan fingerprint density at radius 1 is 0.739 bits per heavy atom. The molecule has 23 heavy (non-hydrogen) atoms. The monoisotopic (exact) mass is 317 g/mol. The van der Waals surface area contributed by atoms with Crippen LogP contribution in [0.15, 0.2) is 85.1 Å².